The third-order valence-electron chi connectivity index (χ3n) is 4.51. The van der Waals surface area contributed by atoms with Crippen LogP contribution in [-0.4, -0.2) is 34.2 Å². The van der Waals surface area contributed by atoms with Gasteiger partial charge in [-0.3, -0.25) is 10.2 Å². The number of nitrogens with zero attached hydrogens (tertiary/aromatic N) is 2. The molecule has 2 aromatic rings. The highest BCUT2D eigenvalue weighted by molar-refractivity contribution is 5.86. The van der Waals surface area contributed by atoms with E-state index < -0.39 is 0 Å². The van der Waals surface area contributed by atoms with Gasteiger partial charge in [0, 0.05) is 19.0 Å². The molecule has 1 fully saturated rings. The summed E-state index contributed by atoms with van der Waals surface area (Å²) in [5.41, 5.74) is 4.50. The van der Waals surface area contributed by atoms with Gasteiger partial charge >= 0.3 is 6.03 Å². The first-order valence-electron chi connectivity index (χ1n) is 8.99. The van der Waals surface area contributed by atoms with Crippen LogP contribution < -0.4 is 16.1 Å². The Hall–Kier alpha value is -2.57. The van der Waals surface area contributed by atoms with Crippen LogP contribution in [0.25, 0.3) is 11.0 Å². The second-order valence-electron chi connectivity index (χ2n) is 6.48. The van der Waals surface area contributed by atoms with E-state index in [1.165, 1.54) is 19.3 Å². The van der Waals surface area contributed by atoms with E-state index in [0.29, 0.717) is 25.4 Å². The summed E-state index contributed by atoms with van der Waals surface area (Å²) < 4.78 is 1.63. The van der Waals surface area contributed by atoms with E-state index >= 15 is 0 Å². The van der Waals surface area contributed by atoms with E-state index in [0.717, 1.165) is 23.9 Å². The van der Waals surface area contributed by atoms with E-state index in [2.05, 4.69) is 21.0 Å². The molecule has 3 amide bonds. The van der Waals surface area contributed by atoms with E-state index in [-0.39, 0.29) is 11.9 Å². The van der Waals surface area contributed by atoms with Gasteiger partial charge in [-0.25, -0.2) is 14.5 Å². The molecular weight excluding hydrogens is 318 g/mol. The van der Waals surface area contributed by atoms with Crippen molar-refractivity contribution in [3.63, 3.8) is 0 Å². The van der Waals surface area contributed by atoms with Crippen molar-refractivity contribution >= 4 is 23.0 Å². The number of hydrogen-bond acceptors (Lipinski definition) is 3. The molecular formula is C18H25N5O2. The van der Waals surface area contributed by atoms with Gasteiger partial charge in [-0.2, -0.15) is 0 Å². The molecule has 1 saturated carbocycles. The molecule has 3 N–H and O–H groups in total. The second-order valence-corrected chi connectivity index (χ2v) is 6.48. The van der Waals surface area contributed by atoms with Crippen molar-refractivity contribution in [2.45, 2.75) is 51.0 Å². The van der Waals surface area contributed by atoms with Crippen molar-refractivity contribution in [3.8, 4) is 0 Å². The number of hydrogen-bond donors (Lipinski definition) is 3. The molecule has 0 atom stereocenters. The van der Waals surface area contributed by atoms with Gasteiger partial charge in [0.25, 0.3) is 0 Å². The van der Waals surface area contributed by atoms with E-state index in [1.807, 2.05) is 24.3 Å². The van der Waals surface area contributed by atoms with Crippen LogP contribution in [0.1, 0.15) is 44.9 Å². The number of benzene rings is 1. The summed E-state index contributed by atoms with van der Waals surface area (Å²) in [6.45, 7) is 0.483. The first kappa shape index (κ1) is 17.3. The fraction of sp³-hybridized carbons (Fsp3) is 0.500. The number of imidazole rings is 1. The van der Waals surface area contributed by atoms with Crippen molar-refractivity contribution in [3.05, 3.63) is 30.6 Å². The van der Waals surface area contributed by atoms with E-state index in [9.17, 15) is 9.59 Å². The SMILES string of the molecule is O=C(CCCNC(=O)NC1CCCCC1)Nn1cnc2ccccc21. The second kappa shape index (κ2) is 8.50. The Kier molecular flexibility index (Phi) is 5.87. The number of carbonyl (C=O) groups excluding carboxylic acids is 2. The van der Waals surface area contributed by atoms with Crippen molar-refractivity contribution < 1.29 is 9.59 Å². The summed E-state index contributed by atoms with van der Waals surface area (Å²) in [4.78, 5) is 28.1. The highest BCUT2D eigenvalue weighted by Crippen LogP contribution is 2.17. The first-order chi connectivity index (χ1) is 12.2. The third kappa shape index (κ3) is 4.95. The Bertz CT molecular complexity index is 721. The Labute approximate surface area is 147 Å². The average Bonchev–Trinajstić information content (AvgIpc) is 3.03. The summed E-state index contributed by atoms with van der Waals surface area (Å²) in [5.74, 6) is -0.0994. The minimum Gasteiger partial charge on any atom is -0.338 e. The predicted molar refractivity (Wildman–Crippen MR) is 96.7 cm³/mol. The lowest BCUT2D eigenvalue weighted by Gasteiger charge is -2.22. The molecule has 1 heterocycles. The topological polar surface area (TPSA) is 88.0 Å². The maximum absolute atomic E-state index is 12.0. The Morgan fingerprint density at radius 1 is 1.16 bits per heavy atom. The lowest BCUT2D eigenvalue weighted by Crippen LogP contribution is -2.43. The molecule has 1 aliphatic carbocycles. The maximum atomic E-state index is 12.0. The molecule has 0 unspecified atom stereocenters. The molecule has 7 nitrogen and oxygen atoms in total. The van der Waals surface area contributed by atoms with Crippen molar-refractivity contribution in [1.82, 2.24) is 20.3 Å². The summed E-state index contributed by atoms with van der Waals surface area (Å²) in [7, 11) is 0. The number of aromatic nitrogens is 2. The highest BCUT2D eigenvalue weighted by atomic mass is 16.2. The van der Waals surface area contributed by atoms with Crippen molar-refractivity contribution in [1.29, 1.82) is 0 Å². The fourth-order valence-electron chi connectivity index (χ4n) is 3.17. The smallest absolute Gasteiger partial charge is 0.315 e. The van der Waals surface area contributed by atoms with Crippen LogP contribution in [0, 0.1) is 0 Å². The van der Waals surface area contributed by atoms with E-state index in [4.69, 9.17) is 0 Å². The minimum absolute atomic E-state index is 0.0994. The molecule has 1 aromatic heterocycles. The Morgan fingerprint density at radius 3 is 2.80 bits per heavy atom. The number of nitrogens with one attached hydrogen (secondary N) is 3. The number of amides is 3. The molecule has 0 spiro atoms. The molecule has 0 bridgehead atoms. The molecule has 0 saturated heterocycles. The van der Waals surface area contributed by atoms with Crippen LogP contribution in [0.2, 0.25) is 0 Å². The van der Waals surface area contributed by atoms with Crippen LogP contribution >= 0.6 is 0 Å². The molecule has 3 rings (SSSR count). The number of fused-ring (bicyclic) bond motifs is 1. The van der Waals surface area contributed by atoms with Crippen LogP contribution in [0.3, 0.4) is 0 Å². The molecule has 1 aromatic carbocycles. The zero-order chi connectivity index (χ0) is 17.5. The summed E-state index contributed by atoms with van der Waals surface area (Å²) >= 11 is 0. The lowest BCUT2D eigenvalue weighted by molar-refractivity contribution is -0.117. The van der Waals surface area contributed by atoms with E-state index in [1.54, 1.807) is 11.0 Å². The van der Waals surface area contributed by atoms with Gasteiger partial charge in [0.15, 0.2) is 0 Å². The molecule has 0 radical (unpaired) electrons. The molecule has 0 aliphatic heterocycles. The fourth-order valence-corrected chi connectivity index (χ4v) is 3.17. The summed E-state index contributed by atoms with van der Waals surface area (Å²) in [6, 6.07) is 7.78. The van der Waals surface area contributed by atoms with Crippen molar-refractivity contribution in [2.75, 3.05) is 12.0 Å². The average molecular weight is 343 g/mol. The molecule has 7 heteroatoms. The molecule has 134 valence electrons. The predicted octanol–water partition coefficient (Wildman–Crippen LogP) is 2.52. The highest BCUT2D eigenvalue weighted by Gasteiger charge is 2.15. The number of rotatable bonds is 6. The first-order valence-corrected chi connectivity index (χ1v) is 8.99. The van der Waals surface area contributed by atoms with Gasteiger partial charge in [0.1, 0.15) is 6.33 Å². The van der Waals surface area contributed by atoms with Gasteiger partial charge in [0.2, 0.25) is 5.91 Å². The maximum Gasteiger partial charge on any atom is 0.315 e. The van der Waals surface area contributed by atoms with Gasteiger partial charge in [-0.1, -0.05) is 31.4 Å². The summed E-state index contributed by atoms with van der Waals surface area (Å²) in [6.07, 6.45) is 8.30. The van der Waals surface area contributed by atoms with Crippen LogP contribution in [0.5, 0.6) is 0 Å². The third-order valence-corrected chi connectivity index (χ3v) is 4.51. The standard InChI is InChI=1S/C18H25N5O2/c24-17(22-23-13-20-15-9-4-5-10-16(15)23)11-6-12-19-18(25)21-14-7-2-1-3-8-14/h4-5,9-10,13-14H,1-3,6-8,11-12H2,(H,22,24)(H2,19,21,25). The number of carbonyl (C=O) groups is 2. The minimum atomic E-state index is -0.132. The number of urea groups is 1. The quantitative estimate of drug-likeness (QED) is 0.704. The molecule has 25 heavy (non-hydrogen) atoms. The van der Waals surface area contributed by atoms with Crippen LogP contribution in [-0.2, 0) is 4.79 Å². The number of para-hydroxylation sites is 2. The zero-order valence-electron chi connectivity index (χ0n) is 14.3. The van der Waals surface area contributed by atoms with Crippen LogP contribution in [0.15, 0.2) is 30.6 Å². The lowest BCUT2D eigenvalue weighted by atomic mass is 9.96. The Morgan fingerprint density at radius 2 is 1.96 bits per heavy atom. The van der Waals surface area contributed by atoms with Gasteiger partial charge in [-0.15, -0.1) is 0 Å². The summed E-state index contributed by atoms with van der Waals surface area (Å²) in [5, 5.41) is 5.83. The van der Waals surface area contributed by atoms with Gasteiger partial charge < -0.3 is 10.6 Å². The Balaban J connectivity index is 1.34. The van der Waals surface area contributed by atoms with Gasteiger partial charge in [-0.05, 0) is 31.4 Å². The largest absolute Gasteiger partial charge is 0.338 e. The molecule has 1 aliphatic rings. The van der Waals surface area contributed by atoms with Crippen molar-refractivity contribution in [2.24, 2.45) is 0 Å². The monoisotopic (exact) mass is 343 g/mol. The normalized spacial score (nSPS) is 15.0. The van der Waals surface area contributed by atoms with Crippen LogP contribution in [0.4, 0.5) is 4.79 Å². The van der Waals surface area contributed by atoms with Gasteiger partial charge in [0.05, 0.1) is 11.0 Å². The zero-order valence-corrected chi connectivity index (χ0v) is 14.3.